The molecule has 4 nitrogen and oxygen atoms in total. The Balaban J connectivity index is 1.27. The van der Waals surface area contributed by atoms with E-state index in [1.807, 2.05) is 48.5 Å². The third-order valence-electron chi connectivity index (χ3n) is 5.29. The second-order valence-electron chi connectivity index (χ2n) is 7.21. The molecular formula is C24H26N2O2. The largest absolute Gasteiger partial charge is 0.371 e. The first-order valence-electron chi connectivity index (χ1n) is 9.96. The zero-order valence-corrected chi connectivity index (χ0v) is 16.0. The van der Waals surface area contributed by atoms with E-state index < -0.39 is 0 Å². The minimum absolute atomic E-state index is 0.000870. The fourth-order valence-corrected chi connectivity index (χ4v) is 3.80. The number of fused-ring (bicyclic) bond motifs is 1. The molecule has 144 valence electrons. The smallest absolute Gasteiger partial charge is 0.251 e. The quantitative estimate of drug-likeness (QED) is 0.662. The predicted octanol–water partition coefficient (Wildman–Crippen LogP) is 4.03. The van der Waals surface area contributed by atoms with Crippen LogP contribution < -0.4 is 5.32 Å². The van der Waals surface area contributed by atoms with E-state index in [1.165, 1.54) is 5.56 Å². The van der Waals surface area contributed by atoms with Crippen molar-refractivity contribution in [1.82, 2.24) is 10.2 Å². The molecule has 1 saturated heterocycles. The molecule has 1 fully saturated rings. The molecule has 0 unspecified atom stereocenters. The Labute approximate surface area is 166 Å². The van der Waals surface area contributed by atoms with E-state index in [0.29, 0.717) is 6.54 Å². The van der Waals surface area contributed by atoms with Crippen LogP contribution >= 0.6 is 0 Å². The van der Waals surface area contributed by atoms with E-state index in [9.17, 15) is 4.79 Å². The monoisotopic (exact) mass is 374 g/mol. The van der Waals surface area contributed by atoms with Gasteiger partial charge in [-0.05, 0) is 28.8 Å². The number of carbonyl (C=O) groups excluding carboxylic acids is 1. The highest BCUT2D eigenvalue weighted by atomic mass is 16.5. The maximum Gasteiger partial charge on any atom is 0.251 e. The molecule has 3 aromatic carbocycles. The number of amides is 1. The van der Waals surface area contributed by atoms with Gasteiger partial charge >= 0.3 is 0 Å². The Bertz CT molecular complexity index is 921. The van der Waals surface area contributed by atoms with Crippen LogP contribution in [0.15, 0.2) is 72.8 Å². The molecule has 4 heteroatoms. The third-order valence-corrected chi connectivity index (χ3v) is 5.29. The highest BCUT2D eigenvalue weighted by Crippen LogP contribution is 2.22. The normalized spacial score (nSPS) is 17.5. The van der Waals surface area contributed by atoms with Crippen LogP contribution in [0.4, 0.5) is 0 Å². The van der Waals surface area contributed by atoms with E-state index in [4.69, 9.17) is 4.74 Å². The highest BCUT2D eigenvalue weighted by Gasteiger charge is 2.21. The summed E-state index contributed by atoms with van der Waals surface area (Å²) in [4.78, 5) is 15.0. The number of morpholine rings is 1. The van der Waals surface area contributed by atoms with Crippen LogP contribution in [0.1, 0.15) is 28.4 Å². The van der Waals surface area contributed by atoms with Gasteiger partial charge in [0.15, 0.2) is 0 Å². The lowest BCUT2D eigenvalue weighted by atomic mass is 10.0. The molecule has 1 aliphatic rings. The van der Waals surface area contributed by atoms with Gasteiger partial charge in [-0.1, -0.05) is 66.7 Å². The maximum absolute atomic E-state index is 12.6. The van der Waals surface area contributed by atoms with E-state index in [1.54, 1.807) is 0 Å². The Kier molecular flexibility index (Phi) is 6.00. The van der Waals surface area contributed by atoms with Crippen LogP contribution in [0.2, 0.25) is 0 Å². The summed E-state index contributed by atoms with van der Waals surface area (Å²) in [5.41, 5.74) is 1.98. The number of carbonyl (C=O) groups is 1. The molecule has 1 aliphatic heterocycles. The van der Waals surface area contributed by atoms with Crippen molar-refractivity contribution in [2.24, 2.45) is 0 Å². The average Bonchev–Trinajstić information content (AvgIpc) is 2.77. The maximum atomic E-state index is 12.6. The molecule has 3 aromatic rings. The second-order valence-corrected chi connectivity index (χ2v) is 7.21. The zero-order chi connectivity index (χ0) is 19.2. The van der Waals surface area contributed by atoms with Crippen molar-refractivity contribution in [3.8, 4) is 0 Å². The standard InChI is InChI=1S/C24H26N2O2/c27-24(22-13-6-11-19-8-4-5-12-21(19)22)25-14-7-15-26-16-17-28-23(18-26)20-9-2-1-3-10-20/h1-6,8-13,23H,7,14-18H2,(H,25,27)/t23-/m0/s1. The summed E-state index contributed by atoms with van der Waals surface area (Å²) < 4.78 is 5.93. The first-order chi connectivity index (χ1) is 13.8. The van der Waals surface area contributed by atoms with Crippen molar-refractivity contribution in [1.29, 1.82) is 0 Å². The summed E-state index contributed by atoms with van der Waals surface area (Å²) in [5, 5.41) is 5.17. The van der Waals surface area contributed by atoms with Gasteiger partial charge < -0.3 is 10.1 Å². The molecule has 28 heavy (non-hydrogen) atoms. The number of hydrogen-bond acceptors (Lipinski definition) is 3. The molecule has 0 aliphatic carbocycles. The van der Waals surface area contributed by atoms with Crippen molar-refractivity contribution in [3.63, 3.8) is 0 Å². The molecule has 0 saturated carbocycles. The topological polar surface area (TPSA) is 41.6 Å². The molecule has 0 spiro atoms. The number of nitrogens with zero attached hydrogens (tertiary/aromatic N) is 1. The minimum Gasteiger partial charge on any atom is -0.371 e. The Morgan fingerprint density at radius 1 is 1.00 bits per heavy atom. The molecule has 0 radical (unpaired) electrons. The Morgan fingerprint density at radius 3 is 2.68 bits per heavy atom. The number of benzene rings is 3. The van der Waals surface area contributed by atoms with Crippen molar-refractivity contribution < 1.29 is 9.53 Å². The van der Waals surface area contributed by atoms with Gasteiger partial charge in [-0.2, -0.15) is 0 Å². The summed E-state index contributed by atoms with van der Waals surface area (Å²) in [6.45, 7) is 4.24. The molecule has 1 heterocycles. The van der Waals surface area contributed by atoms with Gasteiger partial charge in [0.2, 0.25) is 0 Å². The fourth-order valence-electron chi connectivity index (χ4n) is 3.80. The van der Waals surface area contributed by atoms with E-state index in [-0.39, 0.29) is 12.0 Å². The van der Waals surface area contributed by atoms with Gasteiger partial charge in [0.1, 0.15) is 0 Å². The molecule has 1 atom stereocenters. The van der Waals surface area contributed by atoms with Gasteiger partial charge in [-0.25, -0.2) is 0 Å². The van der Waals surface area contributed by atoms with E-state index >= 15 is 0 Å². The van der Waals surface area contributed by atoms with Crippen molar-refractivity contribution in [3.05, 3.63) is 83.9 Å². The molecule has 0 aromatic heterocycles. The van der Waals surface area contributed by atoms with Crippen LogP contribution in [0, 0.1) is 0 Å². The van der Waals surface area contributed by atoms with Crippen molar-refractivity contribution in [2.75, 3.05) is 32.8 Å². The van der Waals surface area contributed by atoms with Gasteiger partial charge in [0.05, 0.1) is 12.7 Å². The van der Waals surface area contributed by atoms with Gasteiger partial charge in [-0.3, -0.25) is 9.69 Å². The molecule has 1 amide bonds. The average molecular weight is 374 g/mol. The number of hydrogen-bond donors (Lipinski definition) is 1. The second kappa shape index (κ2) is 9.00. The molecule has 4 rings (SSSR count). The van der Waals surface area contributed by atoms with Crippen LogP contribution in [0.3, 0.4) is 0 Å². The fraction of sp³-hybridized carbons (Fsp3) is 0.292. The first-order valence-corrected chi connectivity index (χ1v) is 9.96. The number of ether oxygens (including phenoxy) is 1. The van der Waals surface area contributed by atoms with Gasteiger partial charge in [-0.15, -0.1) is 0 Å². The van der Waals surface area contributed by atoms with Crippen LogP contribution in [-0.4, -0.2) is 43.6 Å². The summed E-state index contributed by atoms with van der Waals surface area (Å²) in [6.07, 6.45) is 1.07. The van der Waals surface area contributed by atoms with Gasteiger partial charge in [0, 0.05) is 31.7 Å². The lowest BCUT2D eigenvalue weighted by Gasteiger charge is -2.33. The zero-order valence-electron chi connectivity index (χ0n) is 16.0. The van der Waals surface area contributed by atoms with Crippen molar-refractivity contribution in [2.45, 2.75) is 12.5 Å². The van der Waals surface area contributed by atoms with Crippen LogP contribution in [0.25, 0.3) is 10.8 Å². The predicted molar refractivity (Wildman–Crippen MR) is 112 cm³/mol. The highest BCUT2D eigenvalue weighted by molar-refractivity contribution is 6.06. The Hall–Kier alpha value is -2.69. The van der Waals surface area contributed by atoms with E-state index in [2.05, 4.69) is 34.5 Å². The van der Waals surface area contributed by atoms with Gasteiger partial charge in [0.25, 0.3) is 5.91 Å². The molecule has 0 bridgehead atoms. The summed E-state index contributed by atoms with van der Waals surface area (Å²) in [6, 6.07) is 24.3. The summed E-state index contributed by atoms with van der Waals surface area (Å²) in [7, 11) is 0. The summed E-state index contributed by atoms with van der Waals surface area (Å²) in [5.74, 6) is 0.000870. The van der Waals surface area contributed by atoms with E-state index in [0.717, 1.165) is 49.0 Å². The third kappa shape index (κ3) is 4.41. The summed E-state index contributed by atoms with van der Waals surface area (Å²) >= 11 is 0. The number of rotatable bonds is 6. The lowest BCUT2D eigenvalue weighted by Crippen LogP contribution is -2.39. The molecular weight excluding hydrogens is 348 g/mol. The SMILES string of the molecule is O=C(NCCCN1CCO[C@H](c2ccccc2)C1)c1cccc2ccccc12. The lowest BCUT2D eigenvalue weighted by molar-refractivity contribution is -0.0301. The number of nitrogens with one attached hydrogen (secondary N) is 1. The molecule has 1 N–H and O–H groups in total. The van der Waals surface area contributed by atoms with Crippen LogP contribution in [-0.2, 0) is 4.74 Å². The Morgan fingerprint density at radius 2 is 1.79 bits per heavy atom. The van der Waals surface area contributed by atoms with Crippen molar-refractivity contribution >= 4 is 16.7 Å². The minimum atomic E-state index is 0.000870. The van der Waals surface area contributed by atoms with Crippen LogP contribution in [0.5, 0.6) is 0 Å². The first kappa shape index (κ1) is 18.7.